The SMILES string of the molecule is OC1CCC(O)C2CCC1O2. The second-order valence-electron chi connectivity index (χ2n) is 3.50. The van der Waals surface area contributed by atoms with Gasteiger partial charge in [-0.1, -0.05) is 0 Å². The Balaban J connectivity index is 2.07. The van der Waals surface area contributed by atoms with E-state index in [2.05, 4.69) is 0 Å². The van der Waals surface area contributed by atoms with Crippen LogP contribution in [0, 0.1) is 0 Å². The molecule has 0 aliphatic carbocycles. The Morgan fingerprint density at radius 3 is 1.73 bits per heavy atom. The van der Waals surface area contributed by atoms with Crippen LogP contribution in [0.2, 0.25) is 0 Å². The summed E-state index contributed by atoms with van der Waals surface area (Å²) in [6, 6.07) is 0. The maximum atomic E-state index is 9.46. The minimum absolute atomic E-state index is 0.00264. The van der Waals surface area contributed by atoms with Crippen LogP contribution in [0.1, 0.15) is 25.7 Å². The summed E-state index contributed by atoms with van der Waals surface area (Å²) in [6.07, 6.45) is 2.47. The van der Waals surface area contributed by atoms with E-state index in [4.69, 9.17) is 4.74 Å². The van der Waals surface area contributed by atoms with Crippen LogP contribution < -0.4 is 0 Å². The monoisotopic (exact) mass is 158 g/mol. The van der Waals surface area contributed by atoms with Crippen LogP contribution in [0.5, 0.6) is 0 Å². The third kappa shape index (κ3) is 1.28. The molecular weight excluding hydrogens is 144 g/mol. The van der Waals surface area contributed by atoms with Crippen molar-refractivity contribution in [3.8, 4) is 0 Å². The van der Waals surface area contributed by atoms with Gasteiger partial charge in [-0.25, -0.2) is 0 Å². The van der Waals surface area contributed by atoms with Crippen molar-refractivity contribution < 1.29 is 14.9 Å². The van der Waals surface area contributed by atoms with E-state index in [1.54, 1.807) is 0 Å². The first-order valence-corrected chi connectivity index (χ1v) is 4.29. The molecule has 0 spiro atoms. The minimum Gasteiger partial charge on any atom is -0.390 e. The lowest BCUT2D eigenvalue weighted by Crippen LogP contribution is -2.24. The van der Waals surface area contributed by atoms with Crippen molar-refractivity contribution >= 4 is 0 Å². The molecule has 2 bridgehead atoms. The molecule has 4 atom stereocenters. The van der Waals surface area contributed by atoms with Crippen LogP contribution in [0.3, 0.4) is 0 Å². The quantitative estimate of drug-likeness (QED) is 0.523. The van der Waals surface area contributed by atoms with Crippen molar-refractivity contribution in [2.24, 2.45) is 0 Å². The highest BCUT2D eigenvalue weighted by molar-refractivity contribution is 4.87. The number of fused-ring (bicyclic) bond motifs is 2. The van der Waals surface area contributed by atoms with Gasteiger partial charge in [-0.2, -0.15) is 0 Å². The number of aliphatic hydroxyl groups is 2. The summed E-state index contributed by atoms with van der Waals surface area (Å²) in [5.41, 5.74) is 0. The first kappa shape index (κ1) is 7.53. The fourth-order valence-corrected chi connectivity index (χ4v) is 1.97. The highest BCUT2D eigenvalue weighted by Crippen LogP contribution is 2.31. The van der Waals surface area contributed by atoms with E-state index in [0.717, 1.165) is 12.8 Å². The molecule has 2 heterocycles. The number of hydrogen-bond acceptors (Lipinski definition) is 3. The molecule has 2 rings (SSSR count). The molecule has 2 saturated heterocycles. The lowest BCUT2D eigenvalue weighted by molar-refractivity contribution is -0.0493. The zero-order valence-electron chi connectivity index (χ0n) is 6.44. The molecule has 4 unspecified atom stereocenters. The molecule has 2 N–H and O–H groups in total. The summed E-state index contributed by atoms with van der Waals surface area (Å²) in [5.74, 6) is 0. The Bertz CT molecular complexity index is 132. The van der Waals surface area contributed by atoms with Crippen LogP contribution in [0.4, 0.5) is 0 Å². The third-order valence-corrected chi connectivity index (χ3v) is 2.70. The molecule has 0 aromatic rings. The highest BCUT2D eigenvalue weighted by Gasteiger charge is 2.37. The van der Waals surface area contributed by atoms with Gasteiger partial charge < -0.3 is 14.9 Å². The topological polar surface area (TPSA) is 49.7 Å². The van der Waals surface area contributed by atoms with Gasteiger partial charge in [0.25, 0.3) is 0 Å². The molecule has 0 saturated carbocycles. The molecule has 0 aromatic carbocycles. The van der Waals surface area contributed by atoms with Crippen LogP contribution in [-0.4, -0.2) is 34.6 Å². The van der Waals surface area contributed by atoms with Crippen molar-refractivity contribution in [1.82, 2.24) is 0 Å². The Kier molecular flexibility index (Phi) is 1.87. The normalized spacial score (nSPS) is 50.7. The Morgan fingerprint density at radius 2 is 1.27 bits per heavy atom. The Labute approximate surface area is 66.0 Å². The van der Waals surface area contributed by atoms with Crippen molar-refractivity contribution in [3.63, 3.8) is 0 Å². The molecule has 64 valence electrons. The van der Waals surface area contributed by atoms with E-state index in [0.29, 0.717) is 12.8 Å². The van der Waals surface area contributed by atoms with Gasteiger partial charge in [0.2, 0.25) is 0 Å². The Morgan fingerprint density at radius 1 is 0.818 bits per heavy atom. The number of rotatable bonds is 0. The van der Waals surface area contributed by atoms with Gasteiger partial charge in [-0.05, 0) is 25.7 Å². The van der Waals surface area contributed by atoms with Crippen molar-refractivity contribution in [1.29, 1.82) is 0 Å². The van der Waals surface area contributed by atoms with Crippen LogP contribution in [0.25, 0.3) is 0 Å². The molecule has 2 fully saturated rings. The van der Waals surface area contributed by atoms with Crippen molar-refractivity contribution in [2.45, 2.75) is 50.1 Å². The van der Waals surface area contributed by atoms with E-state index in [1.807, 2.05) is 0 Å². The number of aliphatic hydroxyl groups excluding tert-OH is 2. The fraction of sp³-hybridized carbons (Fsp3) is 1.00. The van der Waals surface area contributed by atoms with Gasteiger partial charge in [0.15, 0.2) is 0 Å². The first-order chi connectivity index (χ1) is 5.27. The summed E-state index contributed by atoms with van der Waals surface area (Å²) < 4.78 is 5.45. The number of hydrogen-bond donors (Lipinski definition) is 2. The van der Waals surface area contributed by atoms with Crippen molar-refractivity contribution in [2.75, 3.05) is 0 Å². The molecule has 2 aliphatic rings. The first-order valence-electron chi connectivity index (χ1n) is 4.29. The third-order valence-electron chi connectivity index (χ3n) is 2.70. The summed E-state index contributed by atoms with van der Waals surface area (Å²) in [7, 11) is 0. The highest BCUT2D eigenvalue weighted by atomic mass is 16.5. The zero-order valence-corrected chi connectivity index (χ0v) is 6.44. The Hall–Kier alpha value is -0.120. The predicted molar refractivity (Wildman–Crippen MR) is 39.1 cm³/mol. The molecule has 0 amide bonds. The van der Waals surface area contributed by atoms with Gasteiger partial charge in [-0.15, -0.1) is 0 Å². The number of ether oxygens (including phenoxy) is 1. The minimum atomic E-state index is -0.350. The lowest BCUT2D eigenvalue weighted by atomic mass is 9.97. The average Bonchev–Trinajstić information content (AvgIpc) is 2.42. The van der Waals surface area contributed by atoms with E-state index in [9.17, 15) is 10.2 Å². The molecule has 0 aromatic heterocycles. The average molecular weight is 158 g/mol. The predicted octanol–water partition coefficient (Wildman–Crippen LogP) is 0.0496. The lowest BCUT2D eigenvalue weighted by Gasteiger charge is -2.14. The maximum Gasteiger partial charge on any atom is 0.0840 e. The summed E-state index contributed by atoms with van der Waals surface area (Å²) >= 11 is 0. The standard InChI is InChI=1S/C8H14O3/c9-5-1-2-6(10)8-4-3-7(5)11-8/h5-10H,1-4H2. The summed E-state index contributed by atoms with van der Waals surface area (Å²) in [4.78, 5) is 0. The molecule has 3 nitrogen and oxygen atoms in total. The van der Waals surface area contributed by atoms with Gasteiger partial charge >= 0.3 is 0 Å². The summed E-state index contributed by atoms with van der Waals surface area (Å²) in [5, 5.41) is 18.9. The van der Waals surface area contributed by atoms with Crippen LogP contribution in [-0.2, 0) is 4.74 Å². The second-order valence-corrected chi connectivity index (χ2v) is 3.50. The van der Waals surface area contributed by atoms with E-state index < -0.39 is 0 Å². The van der Waals surface area contributed by atoms with E-state index >= 15 is 0 Å². The molecule has 3 heteroatoms. The van der Waals surface area contributed by atoms with E-state index in [1.165, 1.54) is 0 Å². The maximum absolute atomic E-state index is 9.46. The molecule has 2 aliphatic heterocycles. The van der Waals surface area contributed by atoms with Crippen LogP contribution in [0.15, 0.2) is 0 Å². The van der Waals surface area contributed by atoms with Gasteiger partial charge in [0.05, 0.1) is 24.4 Å². The zero-order chi connectivity index (χ0) is 7.84. The van der Waals surface area contributed by atoms with Gasteiger partial charge in [-0.3, -0.25) is 0 Å². The van der Waals surface area contributed by atoms with E-state index in [-0.39, 0.29) is 24.4 Å². The largest absolute Gasteiger partial charge is 0.390 e. The van der Waals surface area contributed by atoms with Crippen LogP contribution >= 0.6 is 0 Å². The molecule has 0 radical (unpaired) electrons. The summed E-state index contributed by atoms with van der Waals surface area (Å²) in [6.45, 7) is 0. The molecular formula is C8H14O3. The van der Waals surface area contributed by atoms with Gasteiger partial charge in [0, 0.05) is 0 Å². The van der Waals surface area contributed by atoms with Gasteiger partial charge in [0.1, 0.15) is 0 Å². The fourth-order valence-electron chi connectivity index (χ4n) is 1.97. The smallest absolute Gasteiger partial charge is 0.0840 e. The van der Waals surface area contributed by atoms with Crippen molar-refractivity contribution in [3.05, 3.63) is 0 Å². The molecule has 11 heavy (non-hydrogen) atoms. The second kappa shape index (κ2) is 2.73.